The topological polar surface area (TPSA) is 98.2 Å². The number of fused-ring (bicyclic) bond motifs is 1. The van der Waals surface area contributed by atoms with Crippen molar-refractivity contribution < 1.29 is 9.90 Å². The fraction of sp³-hybridized carbons (Fsp3) is 0.300. The number of phenols is 1. The van der Waals surface area contributed by atoms with E-state index in [1.807, 2.05) is 32.0 Å². The van der Waals surface area contributed by atoms with Gasteiger partial charge in [0.2, 0.25) is 0 Å². The van der Waals surface area contributed by atoms with Crippen molar-refractivity contribution in [1.29, 1.82) is 0 Å². The van der Waals surface area contributed by atoms with Crippen LogP contribution in [0.15, 0.2) is 30.3 Å². The number of anilines is 1. The number of H-pyrrole nitrogens is 1. The lowest BCUT2D eigenvalue weighted by Crippen LogP contribution is -2.37. The summed E-state index contributed by atoms with van der Waals surface area (Å²) in [7, 11) is 3.93. The maximum absolute atomic E-state index is 13.0. The number of amides is 1. The number of nitrogens with one attached hydrogen (secondary N) is 1. The number of para-hydroxylation sites is 1. The van der Waals surface area contributed by atoms with E-state index < -0.39 is 0 Å². The highest BCUT2D eigenvalue weighted by Gasteiger charge is 2.27. The van der Waals surface area contributed by atoms with Gasteiger partial charge in [-0.1, -0.05) is 12.1 Å². The maximum atomic E-state index is 13.0. The quantitative estimate of drug-likeness (QED) is 0.725. The van der Waals surface area contributed by atoms with E-state index in [0.717, 1.165) is 17.1 Å². The number of nitrogens with zero attached hydrogens (tertiary/aromatic N) is 5. The van der Waals surface area contributed by atoms with Gasteiger partial charge in [-0.2, -0.15) is 5.10 Å². The van der Waals surface area contributed by atoms with Crippen molar-refractivity contribution in [3.05, 3.63) is 53.1 Å². The monoisotopic (exact) mass is 378 g/mol. The van der Waals surface area contributed by atoms with Gasteiger partial charge in [0.05, 0.1) is 17.9 Å². The molecule has 8 nitrogen and oxygen atoms in total. The third-order valence-corrected chi connectivity index (χ3v) is 4.85. The highest BCUT2D eigenvalue weighted by atomic mass is 16.3. The van der Waals surface area contributed by atoms with Crippen molar-refractivity contribution in [1.82, 2.24) is 25.1 Å². The minimum atomic E-state index is -0.137. The number of phenolic OH excluding ortho intramolecular Hbond substituents is 1. The first-order chi connectivity index (χ1) is 13.4. The predicted octanol–water partition coefficient (Wildman–Crippen LogP) is 2.15. The van der Waals surface area contributed by atoms with Crippen LogP contribution in [0.1, 0.15) is 27.6 Å². The molecule has 0 radical (unpaired) electrons. The molecule has 0 aliphatic carbocycles. The normalized spacial score (nSPS) is 13.3. The molecule has 1 aromatic carbocycles. The van der Waals surface area contributed by atoms with E-state index >= 15 is 0 Å². The molecule has 0 fully saturated rings. The molecule has 3 heterocycles. The van der Waals surface area contributed by atoms with Crippen molar-refractivity contribution in [3.63, 3.8) is 0 Å². The first kappa shape index (κ1) is 18.0. The fourth-order valence-corrected chi connectivity index (χ4v) is 3.50. The fourth-order valence-electron chi connectivity index (χ4n) is 3.50. The van der Waals surface area contributed by atoms with Crippen LogP contribution in [0.2, 0.25) is 0 Å². The van der Waals surface area contributed by atoms with Gasteiger partial charge in [0, 0.05) is 31.8 Å². The van der Waals surface area contributed by atoms with Crippen LogP contribution in [0.25, 0.3) is 11.3 Å². The van der Waals surface area contributed by atoms with E-state index in [1.54, 1.807) is 29.2 Å². The van der Waals surface area contributed by atoms with Crippen LogP contribution < -0.4 is 4.90 Å². The van der Waals surface area contributed by atoms with Gasteiger partial charge in [0.25, 0.3) is 5.91 Å². The Kier molecular flexibility index (Phi) is 4.46. The third kappa shape index (κ3) is 3.17. The van der Waals surface area contributed by atoms with Crippen LogP contribution in [0, 0.1) is 6.92 Å². The van der Waals surface area contributed by atoms with E-state index in [2.05, 4.69) is 20.2 Å². The first-order valence-electron chi connectivity index (χ1n) is 9.11. The zero-order valence-electron chi connectivity index (χ0n) is 16.1. The number of aromatic nitrogens is 4. The molecular weight excluding hydrogens is 356 g/mol. The number of aromatic hydroxyl groups is 1. The second kappa shape index (κ2) is 6.95. The van der Waals surface area contributed by atoms with Crippen molar-refractivity contribution in [2.75, 3.05) is 25.5 Å². The first-order valence-corrected chi connectivity index (χ1v) is 9.11. The molecule has 0 bridgehead atoms. The van der Waals surface area contributed by atoms with E-state index in [9.17, 15) is 9.90 Å². The number of hydrogen-bond donors (Lipinski definition) is 2. The summed E-state index contributed by atoms with van der Waals surface area (Å²) < 4.78 is 0. The summed E-state index contributed by atoms with van der Waals surface area (Å²) in [5, 5.41) is 17.0. The number of rotatable bonds is 3. The van der Waals surface area contributed by atoms with Gasteiger partial charge in [0.1, 0.15) is 23.1 Å². The summed E-state index contributed by atoms with van der Waals surface area (Å²) >= 11 is 0. The average Bonchev–Trinajstić information content (AvgIpc) is 3.16. The van der Waals surface area contributed by atoms with Crippen LogP contribution in [-0.2, 0) is 13.0 Å². The Morgan fingerprint density at radius 2 is 2.04 bits per heavy atom. The molecule has 4 rings (SSSR count). The smallest absolute Gasteiger partial charge is 0.272 e. The second-order valence-electron chi connectivity index (χ2n) is 7.07. The zero-order chi connectivity index (χ0) is 19.8. The summed E-state index contributed by atoms with van der Waals surface area (Å²) in [6.07, 6.45) is 0.704. The Morgan fingerprint density at radius 1 is 1.25 bits per heavy atom. The van der Waals surface area contributed by atoms with Gasteiger partial charge in [0.15, 0.2) is 0 Å². The number of aryl methyl sites for hydroxylation is 1. The Labute approximate surface area is 162 Å². The summed E-state index contributed by atoms with van der Waals surface area (Å²) in [5.41, 5.74) is 3.49. The van der Waals surface area contributed by atoms with Gasteiger partial charge in [-0.3, -0.25) is 9.89 Å². The Balaban J connectivity index is 1.59. The van der Waals surface area contributed by atoms with Gasteiger partial charge in [-0.05, 0) is 31.5 Å². The molecule has 0 unspecified atom stereocenters. The van der Waals surface area contributed by atoms with Crippen LogP contribution in [0.5, 0.6) is 5.75 Å². The molecule has 1 aliphatic rings. The highest BCUT2D eigenvalue weighted by Crippen LogP contribution is 2.29. The van der Waals surface area contributed by atoms with Crippen molar-refractivity contribution in [2.24, 2.45) is 0 Å². The minimum absolute atomic E-state index is 0.128. The summed E-state index contributed by atoms with van der Waals surface area (Å²) in [6.45, 7) is 2.88. The SMILES string of the molecule is Cc1nc2c(c(N(C)C)n1)CCN(C(=O)c1cc(-c3ccccc3O)n[nH]1)C2. The summed E-state index contributed by atoms with van der Waals surface area (Å²) in [6, 6.07) is 8.59. The van der Waals surface area contributed by atoms with E-state index in [4.69, 9.17) is 0 Å². The lowest BCUT2D eigenvalue weighted by atomic mass is 10.0. The Bertz CT molecular complexity index is 1040. The van der Waals surface area contributed by atoms with Crippen LogP contribution >= 0.6 is 0 Å². The minimum Gasteiger partial charge on any atom is -0.507 e. The largest absolute Gasteiger partial charge is 0.507 e. The molecule has 0 saturated carbocycles. The van der Waals surface area contributed by atoms with Crippen LogP contribution in [-0.4, -0.2) is 56.7 Å². The molecular formula is C20H22N6O2. The van der Waals surface area contributed by atoms with Gasteiger partial charge < -0.3 is 14.9 Å². The highest BCUT2D eigenvalue weighted by molar-refractivity contribution is 5.93. The van der Waals surface area contributed by atoms with Crippen molar-refractivity contribution in [3.8, 4) is 17.0 Å². The number of carbonyl (C=O) groups excluding carboxylic acids is 1. The Hall–Kier alpha value is -3.42. The molecule has 1 amide bonds. The third-order valence-electron chi connectivity index (χ3n) is 4.85. The van der Waals surface area contributed by atoms with Crippen molar-refractivity contribution in [2.45, 2.75) is 19.9 Å². The number of aromatic amines is 1. The lowest BCUT2D eigenvalue weighted by molar-refractivity contribution is 0.0725. The maximum Gasteiger partial charge on any atom is 0.272 e. The van der Waals surface area contributed by atoms with E-state index in [-0.39, 0.29) is 11.7 Å². The molecule has 0 spiro atoms. The van der Waals surface area contributed by atoms with Crippen LogP contribution in [0.4, 0.5) is 5.82 Å². The second-order valence-corrected chi connectivity index (χ2v) is 7.07. The molecule has 0 saturated heterocycles. The summed E-state index contributed by atoms with van der Waals surface area (Å²) in [4.78, 5) is 25.8. The standard InChI is InChI=1S/C20H22N6O2/c1-12-21-17-11-26(9-8-14(17)19(22-12)25(2)3)20(28)16-10-15(23-24-16)13-6-4-5-7-18(13)27/h4-7,10,27H,8-9,11H2,1-3H3,(H,23,24). The molecule has 28 heavy (non-hydrogen) atoms. The molecule has 2 aromatic heterocycles. The molecule has 0 atom stereocenters. The van der Waals surface area contributed by atoms with E-state index in [0.29, 0.717) is 42.3 Å². The Morgan fingerprint density at radius 3 is 2.79 bits per heavy atom. The van der Waals surface area contributed by atoms with Gasteiger partial charge in [-0.15, -0.1) is 0 Å². The molecule has 3 aromatic rings. The predicted molar refractivity (Wildman–Crippen MR) is 105 cm³/mol. The van der Waals surface area contributed by atoms with Crippen molar-refractivity contribution >= 4 is 11.7 Å². The van der Waals surface area contributed by atoms with Gasteiger partial charge in [-0.25, -0.2) is 9.97 Å². The number of carbonyl (C=O) groups is 1. The summed E-state index contributed by atoms with van der Waals surface area (Å²) in [5.74, 6) is 1.60. The van der Waals surface area contributed by atoms with Crippen LogP contribution in [0.3, 0.4) is 0 Å². The molecule has 144 valence electrons. The number of hydrogen-bond acceptors (Lipinski definition) is 6. The lowest BCUT2D eigenvalue weighted by Gasteiger charge is -2.30. The molecule has 2 N–H and O–H groups in total. The zero-order valence-corrected chi connectivity index (χ0v) is 16.1. The molecule has 1 aliphatic heterocycles. The number of benzene rings is 1. The average molecular weight is 378 g/mol. The van der Waals surface area contributed by atoms with E-state index in [1.165, 1.54) is 0 Å². The molecule has 8 heteroatoms. The van der Waals surface area contributed by atoms with Gasteiger partial charge >= 0.3 is 0 Å².